The highest BCUT2D eigenvalue weighted by molar-refractivity contribution is 6.32. The first-order valence-corrected chi connectivity index (χ1v) is 7.01. The molecule has 22 heavy (non-hydrogen) atoms. The molecular formula is C18H16O4. The van der Waals surface area contributed by atoms with E-state index in [4.69, 9.17) is 0 Å². The molecular weight excluding hydrogens is 280 g/mol. The van der Waals surface area contributed by atoms with Gasteiger partial charge in [-0.1, -0.05) is 30.3 Å². The van der Waals surface area contributed by atoms with Crippen molar-refractivity contribution >= 4 is 11.6 Å². The second-order valence-corrected chi connectivity index (χ2v) is 5.77. The van der Waals surface area contributed by atoms with Gasteiger partial charge in [0.1, 0.15) is 5.75 Å². The molecule has 0 bridgehead atoms. The lowest BCUT2D eigenvalue weighted by Gasteiger charge is -2.24. The Labute approximate surface area is 128 Å². The Balaban J connectivity index is 2.33. The summed E-state index contributed by atoms with van der Waals surface area (Å²) >= 11 is 0. The van der Waals surface area contributed by atoms with E-state index in [9.17, 15) is 19.8 Å². The van der Waals surface area contributed by atoms with E-state index in [1.807, 2.05) is 6.92 Å². The molecule has 0 saturated carbocycles. The second kappa shape index (κ2) is 4.52. The number of Topliss-reactive ketones (excluding diaryl/α,β-unsaturated/α-hetero) is 2. The maximum absolute atomic E-state index is 12.6. The van der Waals surface area contributed by atoms with Crippen molar-refractivity contribution in [2.24, 2.45) is 0 Å². The van der Waals surface area contributed by atoms with Crippen molar-refractivity contribution in [3.63, 3.8) is 0 Å². The molecule has 1 aliphatic carbocycles. The molecule has 0 radical (unpaired) electrons. The molecule has 3 rings (SSSR count). The normalized spacial score (nSPS) is 16.0. The fourth-order valence-electron chi connectivity index (χ4n) is 3.12. The Bertz CT molecular complexity index is 798. The predicted octanol–water partition coefficient (Wildman–Crippen LogP) is 2.58. The molecule has 0 aliphatic heterocycles. The molecule has 0 unspecified atom stereocenters. The zero-order valence-corrected chi connectivity index (χ0v) is 12.6. The quantitative estimate of drug-likeness (QED) is 0.793. The fraction of sp³-hybridized carbons (Fsp3) is 0.222. The fourth-order valence-corrected chi connectivity index (χ4v) is 3.12. The number of hydrogen-bond acceptors (Lipinski definition) is 4. The Morgan fingerprint density at radius 1 is 0.909 bits per heavy atom. The lowest BCUT2D eigenvalue weighted by molar-refractivity contribution is 0.0310. The van der Waals surface area contributed by atoms with Crippen LogP contribution in [0.2, 0.25) is 0 Å². The van der Waals surface area contributed by atoms with E-state index in [0.717, 1.165) is 5.56 Å². The second-order valence-electron chi connectivity index (χ2n) is 5.77. The predicted molar refractivity (Wildman–Crippen MR) is 81.3 cm³/mol. The van der Waals surface area contributed by atoms with Crippen LogP contribution >= 0.6 is 0 Å². The van der Waals surface area contributed by atoms with Crippen molar-refractivity contribution in [3.8, 4) is 5.75 Å². The minimum absolute atomic E-state index is 0.0122. The van der Waals surface area contributed by atoms with Crippen molar-refractivity contribution in [3.05, 3.63) is 63.7 Å². The van der Waals surface area contributed by atoms with Crippen molar-refractivity contribution in [2.45, 2.75) is 26.4 Å². The monoisotopic (exact) mass is 296 g/mol. The number of aliphatic hydroxyl groups is 1. The summed E-state index contributed by atoms with van der Waals surface area (Å²) < 4.78 is 0. The third kappa shape index (κ3) is 1.61. The Morgan fingerprint density at radius 3 is 1.91 bits per heavy atom. The minimum Gasteiger partial charge on any atom is -0.507 e. The lowest BCUT2D eigenvalue weighted by atomic mass is 9.83. The number of phenols is 1. The number of hydrogen-bond donors (Lipinski definition) is 2. The van der Waals surface area contributed by atoms with Gasteiger partial charge in [0, 0.05) is 16.7 Å². The summed E-state index contributed by atoms with van der Waals surface area (Å²) in [6.07, 6.45) is 0. The third-order valence-electron chi connectivity index (χ3n) is 4.45. The molecule has 4 nitrogen and oxygen atoms in total. The van der Waals surface area contributed by atoms with Crippen LogP contribution in [0.4, 0.5) is 0 Å². The van der Waals surface area contributed by atoms with Gasteiger partial charge in [-0.05, 0) is 37.5 Å². The molecule has 2 N–H and O–H groups in total. The number of phenolic OH excluding ortho intramolecular Hbond substituents is 1. The van der Waals surface area contributed by atoms with Gasteiger partial charge in [0.05, 0.1) is 0 Å². The number of fused-ring (bicyclic) bond motifs is 1. The summed E-state index contributed by atoms with van der Waals surface area (Å²) in [4.78, 5) is 25.3. The SMILES string of the molecule is Cc1cc(C)c(C2(O)C(=O)c3ccccc3C2=O)c(O)c1C. The summed E-state index contributed by atoms with van der Waals surface area (Å²) in [7, 11) is 0. The molecule has 0 atom stereocenters. The summed E-state index contributed by atoms with van der Waals surface area (Å²) in [6, 6.07) is 8.07. The van der Waals surface area contributed by atoms with Gasteiger partial charge in [0.2, 0.25) is 17.2 Å². The van der Waals surface area contributed by atoms with E-state index < -0.39 is 17.2 Å². The summed E-state index contributed by atoms with van der Waals surface area (Å²) in [5.41, 5.74) is -0.0992. The number of carbonyl (C=O) groups excluding carboxylic acids is 2. The molecule has 0 amide bonds. The maximum Gasteiger partial charge on any atom is 0.220 e. The molecule has 0 aromatic heterocycles. The van der Waals surface area contributed by atoms with E-state index in [2.05, 4.69) is 0 Å². The van der Waals surface area contributed by atoms with Crippen LogP contribution in [0.5, 0.6) is 5.75 Å². The van der Waals surface area contributed by atoms with Gasteiger partial charge in [-0.2, -0.15) is 0 Å². The number of aromatic hydroxyl groups is 1. The van der Waals surface area contributed by atoms with E-state index in [1.54, 1.807) is 32.0 Å². The van der Waals surface area contributed by atoms with E-state index >= 15 is 0 Å². The zero-order chi connectivity index (χ0) is 16.2. The first kappa shape index (κ1) is 14.5. The largest absolute Gasteiger partial charge is 0.507 e. The number of aryl methyl sites for hydroxylation is 2. The van der Waals surface area contributed by atoms with Gasteiger partial charge in [-0.15, -0.1) is 0 Å². The topological polar surface area (TPSA) is 74.6 Å². The average molecular weight is 296 g/mol. The molecule has 4 heteroatoms. The number of rotatable bonds is 1. The Morgan fingerprint density at radius 2 is 1.41 bits per heavy atom. The van der Waals surface area contributed by atoms with Crippen molar-refractivity contribution < 1.29 is 19.8 Å². The highest BCUT2D eigenvalue weighted by atomic mass is 16.3. The van der Waals surface area contributed by atoms with Gasteiger partial charge in [0.25, 0.3) is 0 Å². The summed E-state index contributed by atoms with van der Waals surface area (Å²) in [5.74, 6) is -1.57. The van der Waals surface area contributed by atoms with Crippen LogP contribution < -0.4 is 0 Å². The van der Waals surface area contributed by atoms with Gasteiger partial charge >= 0.3 is 0 Å². The Kier molecular flexibility index (Phi) is 2.97. The van der Waals surface area contributed by atoms with E-state index in [0.29, 0.717) is 11.1 Å². The standard InChI is InChI=1S/C18H16O4/c1-9-8-10(2)14(15(19)11(9)3)18(22)16(20)12-6-4-5-7-13(12)17(18)21/h4-8,19,22H,1-3H3. The molecule has 2 aromatic rings. The third-order valence-corrected chi connectivity index (χ3v) is 4.45. The van der Waals surface area contributed by atoms with Gasteiger partial charge in [-0.3, -0.25) is 9.59 Å². The highest BCUT2D eigenvalue weighted by Crippen LogP contribution is 2.44. The maximum atomic E-state index is 12.6. The van der Waals surface area contributed by atoms with Crippen LogP contribution in [0.25, 0.3) is 0 Å². The number of benzene rings is 2. The van der Waals surface area contributed by atoms with Crippen LogP contribution in [0.3, 0.4) is 0 Å². The average Bonchev–Trinajstić information content (AvgIpc) is 2.68. The molecule has 112 valence electrons. The van der Waals surface area contributed by atoms with Crippen LogP contribution in [0.15, 0.2) is 30.3 Å². The van der Waals surface area contributed by atoms with Crippen molar-refractivity contribution in [1.82, 2.24) is 0 Å². The molecule has 0 spiro atoms. The van der Waals surface area contributed by atoms with Crippen LogP contribution in [-0.2, 0) is 5.60 Å². The first-order valence-electron chi connectivity index (χ1n) is 7.01. The number of carbonyl (C=O) groups is 2. The molecule has 0 fully saturated rings. The molecule has 1 aliphatic rings. The summed E-state index contributed by atoms with van der Waals surface area (Å²) in [6.45, 7) is 5.18. The van der Waals surface area contributed by atoms with Crippen molar-refractivity contribution in [1.29, 1.82) is 0 Å². The minimum atomic E-state index is -2.35. The van der Waals surface area contributed by atoms with E-state index in [-0.39, 0.29) is 22.4 Å². The van der Waals surface area contributed by atoms with Crippen LogP contribution in [0, 0.1) is 20.8 Å². The van der Waals surface area contributed by atoms with E-state index in [1.165, 1.54) is 12.1 Å². The van der Waals surface area contributed by atoms with Gasteiger partial charge < -0.3 is 10.2 Å². The summed E-state index contributed by atoms with van der Waals surface area (Å²) in [5, 5.41) is 21.4. The molecule has 2 aromatic carbocycles. The Hall–Kier alpha value is -2.46. The molecule has 0 saturated heterocycles. The van der Waals surface area contributed by atoms with Crippen LogP contribution in [-0.4, -0.2) is 21.8 Å². The molecule has 0 heterocycles. The van der Waals surface area contributed by atoms with Crippen LogP contribution in [0.1, 0.15) is 43.0 Å². The highest BCUT2D eigenvalue weighted by Gasteiger charge is 2.55. The van der Waals surface area contributed by atoms with Crippen molar-refractivity contribution in [2.75, 3.05) is 0 Å². The zero-order valence-electron chi connectivity index (χ0n) is 12.6. The van der Waals surface area contributed by atoms with Gasteiger partial charge in [0.15, 0.2) is 0 Å². The lowest BCUT2D eigenvalue weighted by Crippen LogP contribution is -2.39. The van der Waals surface area contributed by atoms with Gasteiger partial charge in [-0.25, -0.2) is 0 Å². The first-order chi connectivity index (χ1) is 10.3. The number of ketones is 2. The smallest absolute Gasteiger partial charge is 0.220 e.